The smallest absolute Gasteiger partial charge is 0.348 e. The molecule has 3 rings (SSSR count). The average molecular weight is 418 g/mol. The van der Waals surface area contributed by atoms with Crippen LogP contribution in [0.5, 0.6) is 0 Å². The van der Waals surface area contributed by atoms with E-state index in [4.69, 9.17) is 13.9 Å². The van der Waals surface area contributed by atoms with Gasteiger partial charge in [-0.2, -0.15) is 0 Å². The molecule has 9 heteroatoms. The molecule has 0 saturated carbocycles. The Bertz CT molecular complexity index is 944. The number of amides is 2. The molecule has 0 bridgehead atoms. The number of thiophene rings is 1. The number of hydrogen-bond acceptors (Lipinski definition) is 7. The minimum atomic E-state index is -0.845. The Hall–Kier alpha value is -3.07. The highest BCUT2D eigenvalue weighted by Gasteiger charge is 2.35. The highest BCUT2D eigenvalue weighted by Crippen LogP contribution is 2.29. The van der Waals surface area contributed by atoms with E-state index in [2.05, 4.69) is 10.6 Å². The Kier molecular flexibility index (Phi) is 6.38. The summed E-state index contributed by atoms with van der Waals surface area (Å²) in [5.74, 6) is -0.781. The number of urea groups is 1. The molecule has 29 heavy (non-hydrogen) atoms. The Balaban J connectivity index is 1.87. The van der Waals surface area contributed by atoms with Gasteiger partial charge in [0.1, 0.15) is 23.3 Å². The molecule has 2 aromatic heterocycles. The summed E-state index contributed by atoms with van der Waals surface area (Å²) in [6.07, 6.45) is 2.26. The predicted molar refractivity (Wildman–Crippen MR) is 105 cm³/mol. The molecule has 1 aliphatic rings. The summed E-state index contributed by atoms with van der Waals surface area (Å²) in [7, 11) is 0. The van der Waals surface area contributed by atoms with Crippen LogP contribution in [0.25, 0.3) is 0 Å². The molecular weight excluding hydrogens is 396 g/mol. The van der Waals surface area contributed by atoms with Gasteiger partial charge in [0.2, 0.25) is 0 Å². The van der Waals surface area contributed by atoms with E-state index in [1.54, 1.807) is 25.1 Å². The van der Waals surface area contributed by atoms with Gasteiger partial charge in [-0.3, -0.25) is 0 Å². The fourth-order valence-corrected chi connectivity index (χ4v) is 4.04. The van der Waals surface area contributed by atoms with Crippen molar-refractivity contribution in [2.75, 3.05) is 13.2 Å². The summed E-state index contributed by atoms with van der Waals surface area (Å²) in [6, 6.07) is 3.71. The van der Waals surface area contributed by atoms with Crippen molar-refractivity contribution in [3.63, 3.8) is 0 Å². The van der Waals surface area contributed by atoms with Crippen molar-refractivity contribution in [1.29, 1.82) is 0 Å². The van der Waals surface area contributed by atoms with Crippen LogP contribution in [-0.2, 0) is 20.7 Å². The first-order valence-electron chi connectivity index (χ1n) is 9.22. The molecule has 2 N–H and O–H groups in total. The number of aryl methyl sites for hydroxylation is 2. The van der Waals surface area contributed by atoms with E-state index in [1.165, 1.54) is 17.6 Å². The number of nitrogens with one attached hydrogen (secondary N) is 2. The SMILES string of the molecule is CCOC(=O)C1=C(COC(=O)c2cc(CC)c(C)s2)NC(=O)N[C@@H]1c1ccco1. The van der Waals surface area contributed by atoms with Crippen molar-refractivity contribution in [3.8, 4) is 0 Å². The van der Waals surface area contributed by atoms with E-state index in [9.17, 15) is 14.4 Å². The van der Waals surface area contributed by atoms with Crippen LogP contribution in [-0.4, -0.2) is 31.2 Å². The van der Waals surface area contributed by atoms with Gasteiger partial charge >= 0.3 is 18.0 Å². The van der Waals surface area contributed by atoms with Crippen LogP contribution >= 0.6 is 11.3 Å². The number of rotatable bonds is 7. The van der Waals surface area contributed by atoms with Crippen molar-refractivity contribution in [1.82, 2.24) is 10.6 Å². The van der Waals surface area contributed by atoms with E-state index < -0.39 is 24.0 Å². The second-order valence-electron chi connectivity index (χ2n) is 6.28. The first kappa shape index (κ1) is 20.7. The number of carbonyl (C=O) groups excluding carboxylic acids is 3. The maximum Gasteiger partial charge on any atom is 0.348 e. The number of furan rings is 1. The van der Waals surface area contributed by atoms with E-state index in [1.807, 2.05) is 13.8 Å². The van der Waals surface area contributed by atoms with Crippen LogP contribution in [0.3, 0.4) is 0 Å². The summed E-state index contributed by atoms with van der Waals surface area (Å²) < 4.78 is 15.9. The summed E-state index contributed by atoms with van der Waals surface area (Å²) in [6.45, 7) is 5.51. The van der Waals surface area contributed by atoms with Gasteiger partial charge in [0.05, 0.1) is 24.1 Å². The Morgan fingerprint density at radius 3 is 2.66 bits per heavy atom. The lowest BCUT2D eigenvalue weighted by atomic mass is 10.0. The Morgan fingerprint density at radius 1 is 1.24 bits per heavy atom. The molecule has 0 aromatic carbocycles. The lowest BCUT2D eigenvalue weighted by Crippen LogP contribution is -2.47. The van der Waals surface area contributed by atoms with Gasteiger partial charge < -0.3 is 24.5 Å². The van der Waals surface area contributed by atoms with Gasteiger partial charge in [-0.05, 0) is 44.0 Å². The van der Waals surface area contributed by atoms with Crippen molar-refractivity contribution < 1.29 is 28.3 Å². The Morgan fingerprint density at radius 2 is 2.03 bits per heavy atom. The lowest BCUT2D eigenvalue weighted by molar-refractivity contribution is -0.139. The van der Waals surface area contributed by atoms with Crippen LogP contribution in [0, 0.1) is 6.92 Å². The summed E-state index contributed by atoms with van der Waals surface area (Å²) in [5.41, 5.74) is 1.37. The topological polar surface area (TPSA) is 107 Å². The monoisotopic (exact) mass is 418 g/mol. The van der Waals surface area contributed by atoms with Crippen molar-refractivity contribution >= 4 is 29.3 Å². The number of ether oxygens (including phenoxy) is 2. The maximum atomic E-state index is 12.6. The molecule has 1 aliphatic heterocycles. The van der Waals surface area contributed by atoms with E-state index in [0.29, 0.717) is 10.6 Å². The minimum absolute atomic E-state index is 0.130. The lowest BCUT2D eigenvalue weighted by Gasteiger charge is -2.27. The minimum Gasteiger partial charge on any atom is -0.467 e. The molecule has 3 heterocycles. The first-order chi connectivity index (χ1) is 13.9. The van der Waals surface area contributed by atoms with Gasteiger partial charge in [-0.25, -0.2) is 14.4 Å². The van der Waals surface area contributed by atoms with Gasteiger partial charge in [0, 0.05) is 4.88 Å². The molecule has 0 radical (unpaired) electrons. The van der Waals surface area contributed by atoms with Crippen molar-refractivity contribution in [2.45, 2.75) is 33.2 Å². The molecule has 0 unspecified atom stereocenters. The van der Waals surface area contributed by atoms with Gasteiger partial charge in [-0.15, -0.1) is 11.3 Å². The quantitative estimate of drug-likeness (QED) is 0.669. The molecule has 0 fully saturated rings. The second-order valence-corrected chi connectivity index (χ2v) is 7.54. The molecule has 0 aliphatic carbocycles. The molecule has 154 valence electrons. The highest BCUT2D eigenvalue weighted by molar-refractivity contribution is 7.14. The first-order valence-corrected chi connectivity index (χ1v) is 10.0. The normalized spacial score (nSPS) is 16.2. The third kappa shape index (κ3) is 4.51. The Labute approximate surface area is 171 Å². The summed E-state index contributed by atoms with van der Waals surface area (Å²) in [5, 5.41) is 5.18. The number of carbonyl (C=O) groups is 3. The predicted octanol–water partition coefficient (Wildman–Crippen LogP) is 3.24. The molecular formula is C20H22N2O6S. The average Bonchev–Trinajstić information content (AvgIpc) is 3.35. The summed E-state index contributed by atoms with van der Waals surface area (Å²) in [4.78, 5) is 38.7. The third-order valence-electron chi connectivity index (χ3n) is 4.43. The van der Waals surface area contributed by atoms with Gasteiger partial charge in [-0.1, -0.05) is 6.92 Å². The standard InChI is InChI=1S/C20H22N2O6S/c1-4-12-9-15(29-11(12)3)18(23)28-10-13-16(19(24)26-5-2)17(22-20(25)21-13)14-7-6-8-27-14/h6-9,17H,4-5,10H2,1-3H3,(H2,21,22,25)/t17-/m1/s1. The van der Waals surface area contributed by atoms with Crippen LogP contribution in [0.2, 0.25) is 0 Å². The zero-order valence-electron chi connectivity index (χ0n) is 16.4. The zero-order valence-corrected chi connectivity index (χ0v) is 17.2. The van der Waals surface area contributed by atoms with Crippen LogP contribution in [0.4, 0.5) is 4.79 Å². The number of esters is 2. The maximum absolute atomic E-state index is 12.6. The fraction of sp³-hybridized carbons (Fsp3) is 0.350. The second kappa shape index (κ2) is 8.95. The molecule has 0 spiro atoms. The van der Waals surface area contributed by atoms with Crippen LogP contribution in [0.1, 0.15) is 45.8 Å². The van der Waals surface area contributed by atoms with Crippen LogP contribution < -0.4 is 10.6 Å². The van der Waals surface area contributed by atoms with Gasteiger partial charge in [0.25, 0.3) is 0 Å². The van der Waals surface area contributed by atoms with E-state index in [-0.39, 0.29) is 24.5 Å². The van der Waals surface area contributed by atoms with E-state index >= 15 is 0 Å². The highest BCUT2D eigenvalue weighted by atomic mass is 32.1. The largest absolute Gasteiger partial charge is 0.467 e. The molecule has 2 amide bonds. The molecule has 1 atom stereocenters. The molecule has 0 saturated heterocycles. The van der Waals surface area contributed by atoms with Crippen LogP contribution in [0.15, 0.2) is 40.1 Å². The molecule has 8 nitrogen and oxygen atoms in total. The van der Waals surface area contributed by atoms with Crippen molar-refractivity contribution in [2.24, 2.45) is 0 Å². The third-order valence-corrected chi connectivity index (χ3v) is 5.50. The number of hydrogen-bond donors (Lipinski definition) is 2. The summed E-state index contributed by atoms with van der Waals surface area (Å²) >= 11 is 1.35. The van der Waals surface area contributed by atoms with E-state index in [0.717, 1.165) is 16.9 Å². The fourth-order valence-electron chi connectivity index (χ4n) is 3.03. The zero-order chi connectivity index (χ0) is 21.0. The molecule has 2 aromatic rings. The van der Waals surface area contributed by atoms with Crippen molar-refractivity contribution in [3.05, 3.63) is 56.8 Å². The van der Waals surface area contributed by atoms with Gasteiger partial charge in [0.15, 0.2) is 0 Å².